The van der Waals surface area contributed by atoms with Gasteiger partial charge in [0.2, 0.25) is 0 Å². The molecule has 36 heavy (non-hydrogen) atoms. The van der Waals surface area contributed by atoms with Crippen LogP contribution in [0.25, 0.3) is 11.3 Å². The second-order valence-electron chi connectivity index (χ2n) is 8.38. The van der Waals surface area contributed by atoms with Gasteiger partial charge < -0.3 is 19.8 Å². The number of nitrogens with zero attached hydrogens (tertiary/aromatic N) is 3. The maximum atomic E-state index is 13.2. The van der Waals surface area contributed by atoms with Crippen molar-refractivity contribution < 1.29 is 37.7 Å². The van der Waals surface area contributed by atoms with Crippen molar-refractivity contribution in [1.29, 1.82) is 0 Å². The summed E-state index contributed by atoms with van der Waals surface area (Å²) >= 11 is 0. The Morgan fingerprint density at radius 1 is 1.06 bits per heavy atom. The molecule has 0 spiro atoms. The van der Waals surface area contributed by atoms with Crippen molar-refractivity contribution in [2.75, 3.05) is 18.0 Å². The van der Waals surface area contributed by atoms with Crippen LogP contribution in [0.2, 0.25) is 0 Å². The summed E-state index contributed by atoms with van der Waals surface area (Å²) in [5.74, 6) is -2.22. The Hall–Kier alpha value is -4.15. The molecule has 8 nitrogen and oxygen atoms in total. The zero-order valence-electron chi connectivity index (χ0n) is 19.1. The van der Waals surface area contributed by atoms with Gasteiger partial charge in [-0.15, -0.1) is 0 Å². The number of hydrogen-bond acceptors (Lipinski definition) is 6. The van der Waals surface area contributed by atoms with Crippen molar-refractivity contribution >= 4 is 17.8 Å². The Balaban J connectivity index is 1.52. The molecule has 4 rings (SSSR count). The van der Waals surface area contributed by atoms with E-state index in [4.69, 9.17) is 4.74 Å². The Morgan fingerprint density at radius 2 is 1.75 bits per heavy atom. The van der Waals surface area contributed by atoms with E-state index in [9.17, 15) is 33.0 Å². The van der Waals surface area contributed by atoms with E-state index in [1.54, 1.807) is 6.92 Å². The second-order valence-corrected chi connectivity index (χ2v) is 8.38. The van der Waals surface area contributed by atoms with Crippen LogP contribution in [-0.4, -0.2) is 51.3 Å². The number of carbonyl (C=O) groups is 2. The number of carboxylic acids is 2. The van der Waals surface area contributed by atoms with Crippen molar-refractivity contribution in [3.63, 3.8) is 0 Å². The SMILES string of the molecule is Cc1cc(C(=O)O)cc(-c2cnc(N3CCC(Oc4ccccc4C(F)(F)F)CC3)cc2C(=O)O)n1. The average molecular weight is 501 g/mol. The summed E-state index contributed by atoms with van der Waals surface area (Å²) in [4.78, 5) is 33.9. The number of aromatic carboxylic acids is 2. The van der Waals surface area contributed by atoms with E-state index in [0.717, 1.165) is 6.07 Å². The monoisotopic (exact) mass is 501 g/mol. The molecule has 1 fully saturated rings. The van der Waals surface area contributed by atoms with Gasteiger partial charge in [0.05, 0.1) is 22.4 Å². The number of rotatable bonds is 6. The van der Waals surface area contributed by atoms with Gasteiger partial charge in [-0.05, 0) is 37.3 Å². The van der Waals surface area contributed by atoms with E-state index >= 15 is 0 Å². The van der Waals surface area contributed by atoms with E-state index in [-0.39, 0.29) is 28.1 Å². The molecule has 0 saturated carbocycles. The molecule has 11 heteroatoms. The fourth-order valence-electron chi connectivity index (χ4n) is 4.11. The summed E-state index contributed by atoms with van der Waals surface area (Å²) in [5, 5.41) is 19.1. The number of aromatic nitrogens is 2. The molecule has 3 heterocycles. The first-order valence-electron chi connectivity index (χ1n) is 11.1. The topological polar surface area (TPSA) is 113 Å². The maximum absolute atomic E-state index is 13.2. The maximum Gasteiger partial charge on any atom is 0.419 e. The van der Waals surface area contributed by atoms with E-state index < -0.39 is 29.8 Å². The van der Waals surface area contributed by atoms with Gasteiger partial charge in [-0.2, -0.15) is 13.2 Å². The van der Waals surface area contributed by atoms with Crippen molar-refractivity contribution in [3.05, 3.63) is 71.0 Å². The highest BCUT2D eigenvalue weighted by atomic mass is 19.4. The molecule has 0 unspecified atom stereocenters. The molecule has 0 atom stereocenters. The first-order chi connectivity index (χ1) is 17.0. The molecule has 0 amide bonds. The summed E-state index contributed by atoms with van der Waals surface area (Å²) in [6, 6.07) is 9.13. The van der Waals surface area contributed by atoms with Gasteiger partial charge in [-0.3, -0.25) is 4.98 Å². The molecule has 0 bridgehead atoms. The lowest BCUT2D eigenvalue weighted by atomic mass is 10.0. The van der Waals surface area contributed by atoms with Crippen LogP contribution in [0.4, 0.5) is 19.0 Å². The third-order valence-corrected chi connectivity index (χ3v) is 5.85. The summed E-state index contributed by atoms with van der Waals surface area (Å²) in [6.07, 6.45) is -2.78. The van der Waals surface area contributed by atoms with Crippen molar-refractivity contribution in [1.82, 2.24) is 9.97 Å². The Labute approximate surface area is 204 Å². The first kappa shape index (κ1) is 25.0. The molecular weight excluding hydrogens is 479 g/mol. The van der Waals surface area contributed by atoms with Crippen LogP contribution >= 0.6 is 0 Å². The zero-order chi connectivity index (χ0) is 26.0. The predicted octanol–water partition coefficient (Wildman–Crippen LogP) is 4.92. The molecule has 188 valence electrons. The lowest BCUT2D eigenvalue weighted by molar-refractivity contribution is -0.139. The summed E-state index contributed by atoms with van der Waals surface area (Å²) in [7, 11) is 0. The number of carboxylic acid groups (broad SMARTS) is 2. The first-order valence-corrected chi connectivity index (χ1v) is 11.1. The van der Waals surface area contributed by atoms with Crippen molar-refractivity contribution in [2.45, 2.75) is 32.0 Å². The third-order valence-electron chi connectivity index (χ3n) is 5.85. The Kier molecular flexibility index (Phi) is 6.82. The Morgan fingerprint density at radius 3 is 2.39 bits per heavy atom. The smallest absolute Gasteiger partial charge is 0.419 e. The highest BCUT2D eigenvalue weighted by molar-refractivity contribution is 5.97. The molecule has 2 N–H and O–H groups in total. The second kappa shape index (κ2) is 9.84. The third kappa shape index (κ3) is 5.40. The van der Waals surface area contributed by atoms with Gasteiger partial charge in [0.15, 0.2) is 0 Å². The number of hydrogen-bond donors (Lipinski definition) is 2. The number of pyridine rings is 2. The van der Waals surface area contributed by atoms with Crippen LogP contribution in [0.15, 0.2) is 48.7 Å². The molecule has 1 aliphatic heterocycles. The average Bonchev–Trinajstić information content (AvgIpc) is 2.83. The molecule has 0 aliphatic carbocycles. The quantitative estimate of drug-likeness (QED) is 0.490. The van der Waals surface area contributed by atoms with Crippen molar-refractivity contribution in [2.24, 2.45) is 0 Å². The molecule has 1 aromatic carbocycles. The van der Waals surface area contributed by atoms with Crippen LogP contribution in [0.3, 0.4) is 0 Å². The van der Waals surface area contributed by atoms with Gasteiger partial charge in [0, 0.05) is 43.4 Å². The molecular formula is C25H22F3N3O5. The van der Waals surface area contributed by atoms with Gasteiger partial charge >= 0.3 is 18.1 Å². The van der Waals surface area contributed by atoms with E-state index in [1.165, 1.54) is 42.6 Å². The van der Waals surface area contributed by atoms with Gasteiger partial charge in [0.25, 0.3) is 0 Å². The minimum Gasteiger partial charge on any atom is -0.490 e. The van der Waals surface area contributed by atoms with Gasteiger partial charge in [-0.1, -0.05) is 12.1 Å². The summed E-state index contributed by atoms with van der Waals surface area (Å²) in [6.45, 7) is 2.41. The number of aryl methyl sites for hydroxylation is 1. The van der Waals surface area contributed by atoms with Crippen LogP contribution in [0.5, 0.6) is 5.75 Å². The van der Waals surface area contributed by atoms with E-state index in [2.05, 4.69) is 9.97 Å². The highest BCUT2D eigenvalue weighted by Crippen LogP contribution is 2.37. The van der Waals surface area contributed by atoms with Crippen molar-refractivity contribution in [3.8, 4) is 17.0 Å². The molecule has 1 aliphatic rings. The van der Waals surface area contributed by atoms with E-state index in [1.807, 2.05) is 4.90 Å². The van der Waals surface area contributed by atoms with E-state index in [0.29, 0.717) is 37.4 Å². The number of ether oxygens (including phenoxy) is 1. The standard InChI is InChI=1S/C25H22F3N3O5/c1-14-10-15(23(32)33)11-20(30-14)18-13-29-22(12-17(18)24(34)35)31-8-6-16(7-9-31)36-21-5-3-2-4-19(21)25(26,27)28/h2-5,10-13,16H,6-9H2,1H3,(H,32,33)(H,34,35). The van der Waals surface area contributed by atoms with Crippen LogP contribution in [-0.2, 0) is 6.18 Å². The van der Waals surface area contributed by atoms with Gasteiger partial charge in [0.1, 0.15) is 17.7 Å². The molecule has 0 radical (unpaired) electrons. The highest BCUT2D eigenvalue weighted by Gasteiger charge is 2.35. The summed E-state index contributed by atoms with van der Waals surface area (Å²) in [5.41, 5.74) is -0.163. The number of alkyl halides is 3. The molecule has 1 saturated heterocycles. The fourth-order valence-corrected chi connectivity index (χ4v) is 4.11. The van der Waals surface area contributed by atoms with Crippen LogP contribution in [0, 0.1) is 6.92 Å². The number of para-hydroxylation sites is 1. The fraction of sp³-hybridized carbons (Fsp3) is 0.280. The predicted molar refractivity (Wildman–Crippen MR) is 123 cm³/mol. The Bertz CT molecular complexity index is 1300. The lowest BCUT2D eigenvalue weighted by Gasteiger charge is -2.33. The van der Waals surface area contributed by atoms with Crippen LogP contribution < -0.4 is 9.64 Å². The lowest BCUT2D eigenvalue weighted by Crippen LogP contribution is -2.39. The number of halogens is 3. The minimum atomic E-state index is -4.52. The largest absolute Gasteiger partial charge is 0.490 e. The zero-order valence-corrected chi connectivity index (χ0v) is 19.1. The normalized spacial score (nSPS) is 14.5. The molecule has 3 aromatic rings. The minimum absolute atomic E-state index is 0.0212. The number of piperidine rings is 1. The number of benzene rings is 1. The molecule has 2 aromatic heterocycles. The van der Waals surface area contributed by atoms with Gasteiger partial charge in [-0.25, -0.2) is 14.6 Å². The summed E-state index contributed by atoms with van der Waals surface area (Å²) < 4.78 is 45.4. The van der Waals surface area contributed by atoms with Crippen LogP contribution in [0.1, 0.15) is 44.8 Å². The number of anilines is 1.